The molecule has 0 aliphatic rings. The fourth-order valence-electron chi connectivity index (χ4n) is 1.63. The van der Waals surface area contributed by atoms with Crippen LogP contribution in [0.25, 0.3) is 0 Å². The molecule has 5 heteroatoms. The number of ketones is 1. The lowest BCUT2D eigenvalue weighted by Crippen LogP contribution is -2.10. The third-order valence-electron chi connectivity index (χ3n) is 2.52. The van der Waals surface area contributed by atoms with Crippen molar-refractivity contribution >= 4 is 5.78 Å². The molecule has 1 aromatic carbocycles. The highest BCUT2D eigenvalue weighted by atomic mass is 17.2. The molecule has 0 aromatic heterocycles. The Bertz CT molecular complexity index is 442. The van der Waals surface area contributed by atoms with Crippen LogP contribution in [0.4, 0.5) is 0 Å². The second kappa shape index (κ2) is 10.9. The molecule has 0 radical (unpaired) electrons. The molecule has 0 amide bonds. The number of Topliss-reactive ketones (excluding diaryl/α,β-unsaturated/α-hetero) is 1. The Labute approximate surface area is 126 Å². The summed E-state index contributed by atoms with van der Waals surface area (Å²) in [5.41, 5.74) is 1.62. The predicted octanol–water partition coefficient (Wildman–Crippen LogP) is 3.32. The molecular formula is C16H24O5. The summed E-state index contributed by atoms with van der Waals surface area (Å²) in [4.78, 5) is 20.5. The molecule has 0 heterocycles. The van der Waals surface area contributed by atoms with Gasteiger partial charge in [-0.1, -0.05) is 14.0 Å². The number of carbonyl (C=O) groups excluding carboxylic acids is 1. The lowest BCUT2D eigenvalue weighted by atomic mass is 10.1. The first-order valence-electron chi connectivity index (χ1n) is 6.36. The van der Waals surface area contributed by atoms with E-state index in [-0.39, 0.29) is 13.2 Å². The maximum Gasteiger partial charge on any atom is 0.160 e. The molecule has 0 unspecified atom stereocenters. The first kappa shape index (κ1) is 19.1. The van der Waals surface area contributed by atoms with Gasteiger partial charge in [0.1, 0.15) is 25.2 Å². The summed E-state index contributed by atoms with van der Waals surface area (Å²) in [7, 11) is 0. The zero-order chi connectivity index (χ0) is 14.8. The topological polar surface area (TPSA) is 54.0 Å². The second-order valence-corrected chi connectivity index (χ2v) is 4.08. The molecule has 21 heavy (non-hydrogen) atoms. The summed E-state index contributed by atoms with van der Waals surface area (Å²) in [6.07, 6.45) is 1.20. The number of carbonyl (C=O) groups is 1. The third kappa shape index (κ3) is 7.48. The van der Waals surface area contributed by atoms with Crippen LogP contribution in [0.5, 0.6) is 5.75 Å². The summed E-state index contributed by atoms with van der Waals surface area (Å²) in [6.45, 7) is 8.40. The van der Waals surface area contributed by atoms with Crippen molar-refractivity contribution in [1.29, 1.82) is 0 Å². The van der Waals surface area contributed by atoms with Crippen LogP contribution < -0.4 is 4.74 Å². The summed E-state index contributed by atoms with van der Waals surface area (Å²) < 4.78 is 10.8. The molecule has 118 valence electrons. The Morgan fingerprint density at radius 1 is 1.24 bits per heavy atom. The normalized spacial score (nSPS) is 9.62. The zero-order valence-electron chi connectivity index (χ0n) is 11.9. The number of benzene rings is 1. The molecule has 0 spiro atoms. The highest BCUT2D eigenvalue weighted by molar-refractivity contribution is 5.95. The predicted molar refractivity (Wildman–Crippen MR) is 81.5 cm³/mol. The minimum Gasteiger partial charge on any atom is -0.491 e. The molecule has 0 bridgehead atoms. The van der Waals surface area contributed by atoms with Crippen molar-refractivity contribution in [3.8, 4) is 5.75 Å². The third-order valence-corrected chi connectivity index (χ3v) is 2.52. The van der Waals surface area contributed by atoms with E-state index in [0.717, 1.165) is 11.3 Å². The van der Waals surface area contributed by atoms with E-state index in [2.05, 4.69) is 16.4 Å². The molecule has 0 aliphatic heterocycles. The number of rotatable bonds is 10. The van der Waals surface area contributed by atoms with Gasteiger partial charge in [0.25, 0.3) is 0 Å². The SMILES string of the molecule is C.C=COOCCOCCOc1ccc(C(C)=O)c(C)c1. The van der Waals surface area contributed by atoms with Gasteiger partial charge in [-0.3, -0.25) is 4.79 Å². The van der Waals surface area contributed by atoms with Crippen molar-refractivity contribution in [3.63, 3.8) is 0 Å². The quantitative estimate of drug-likeness (QED) is 0.218. The van der Waals surface area contributed by atoms with Crippen molar-refractivity contribution in [3.05, 3.63) is 42.2 Å². The average Bonchev–Trinajstić information content (AvgIpc) is 2.41. The largest absolute Gasteiger partial charge is 0.491 e. The average molecular weight is 296 g/mol. The Hall–Kier alpha value is -1.85. The number of hydrogen-bond donors (Lipinski definition) is 0. The van der Waals surface area contributed by atoms with Crippen LogP contribution in [0, 0.1) is 6.92 Å². The molecular weight excluding hydrogens is 272 g/mol. The second-order valence-electron chi connectivity index (χ2n) is 4.08. The molecule has 0 fully saturated rings. The smallest absolute Gasteiger partial charge is 0.160 e. The summed E-state index contributed by atoms with van der Waals surface area (Å²) in [5.74, 6) is 0.779. The molecule has 5 nitrogen and oxygen atoms in total. The van der Waals surface area contributed by atoms with E-state index in [9.17, 15) is 4.79 Å². The van der Waals surface area contributed by atoms with Crippen LogP contribution >= 0.6 is 0 Å². The number of ether oxygens (including phenoxy) is 2. The van der Waals surface area contributed by atoms with Crippen LogP contribution in [-0.4, -0.2) is 32.2 Å². The van der Waals surface area contributed by atoms with E-state index >= 15 is 0 Å². The van der Waals surface area contributed by atoms with E-state index in [0.29, 0.717) is 32.0 Å². The van der Waals surface area contributed by atoms with Crippen molar-refractivity contribution < 1.29 is 24.0 Å². The van der Waals surface area contributed by atoms with Crippen molar-refractivity contribution in [1.82, 2.24) is 0 Å². The van der Waals surface area contributed by atoms with Crippen molar-refractivity contribution in [2.45, 2.75) is 21.3 Å². The van der Waals surface area contributed by atoms with Crippen molar-refractivity contribution in [2.24, 2.45) is 0 Å². The molecule has 1 rings (SSSR count). The van der Waals surface area contributed by atoms with E-state index in [1.54, 1.807) is 19.1 Å². The number of hydrogen-bond acceptors (Lipinski definition) is 5. The van der Waals surface area contributed by atoms with E-state index < -0.39 is 0 Å². The van der Waals surface area contributed by atoms with Gasteiger partial charge in [-0.15, -0.1) is 0 Å². The van der Waals surface area contributed by atoms with Crippen LogP contribution in [0.2, 0.25) is 0 Å². The molecule has 0 saturated heterocycles. The monoisotopic (exact) mass is 296 g/mol. The van der Waals surface area contributed by atoms with Crippen LogP contribution in [0.3, 0.4) is 0 Å². The highest BCUT2D eigenvalue weighted by Gasteiger charge is 2.04. The molecule has 1 aromatic rings. The lowest BCUT2D eigenvalue weighted by Gasteiger charge is -2.09. The Morgan fingerprint density at radius 2 is 1.95 bits per heavy atom. The maximum absolute atomic E-state index is 11.3. The standard InChI is InChI=1S/C15H20O5.CH4/c1-4-19-20-10-8-17-7-9-18-14-5-6-15(13(3)16)12(2)11-14;/h4-6,11H,1,7-10H2,2-3H3;1H4. The first-order valence-corrected chi connectivity index (χ1v) is 6.36. The van der Waals surface area contributed by atoms with Gasteiger partial charge in [-0.2, -0.15) is 4.89 Å². The van der Waals surface area contributed by atoms with Gasteiger partial charge in [-0.25, -0.2) is 0 Å². The van der Waals surface area contributed by atoms with Gasteiger partial charge < -0.3 is 14.4 Å². The van der Waals surface area contributed by atoms with Gasteiger partial charge >= 0.3 is 0 Å². The van der Waals surface area contributed by atoms with E-state index in [1.807, 2.05) is 13.0 Å². The molecule has 0 saturated carbocycles. The lowest BCUT2D eigenvalue weighted by molar-refractivity contribution is -0.254. The summed E-state index contributed by atoms with van der Waals surface area (Å²) in [5, 5.41) is 0. The summed E-state index contributed by atoms with van der Waals surface area (Å²) >= 11 is 0. The van der Waals surface area contributed by atoms with E-state index in [4.69, 9.17) is 9.47 Å². The Kier molecular flexibility index (Phi) is 9.92. The highest BCUT2D eigenvalue weighted by Crippen LogP contribution is 2.17. The molecule has 0 aliphatic carbocycles. The van der Waals surface area contributed by atoms with Crippen LogP contribution in [0.15, 0.2) is 31.0 Å². The van der Waals surface area contributed by atoms with Gasteiger partial charge in [0.15, 0.2) is 5.78 Å². The molecule has 0 atom stereocenters. The van der Waals surface area contributed by atoms with E-state index in [1.165, 1.54) is 6.26 Å². The molecule has 0 N–H and O–H groups in total. The minimum atomic E-state index is 0. The van der Waals surface area contributed by atoms with Gasteiger partial charge in [-0.05, 0) is 37.6 Å². The summed E-state index contributed by atoms with van der Waals surface area (Å²) in [6, 6.07) is 5.40. The zero-order valence-corrected chi connectivity index (χ0v) is 11.9. The van der Waals surface area contributed by atoms with Crippen LogP contribution in [-0.2, 0) is 14.5 Å². The maximum atomic E-state index is 11.3. The van der Waals surface area contributed by atoms with Crippen LogP contribution in [0.1, 0.15) is 30.3 Å². The minimum absolute atomic E-state index is 0. The fourth-order valence-corrected chi connectivity index (χ4v) is 1.63. The Balaban J connectivity index is 0.00000400. The van der Waals surface area contributed by atoms with Crippen molar-refractivity contribution in [2.75, 3.05) is 26.4 Å². The van der Waals surface area contributed by atoms with Gasteiger partial charge in [0.05, 0.1) is 13.2 Å². The number of aryl methyl sites for hydroxylation is 1. The van der Waals surface area contributed by atoms with Gasteiger partial charge in [0, 0.05) is 5.56 Å². The first-order chi connectivity index (χ1) is 9.65. The van der Waals surface area contributed by atoms with Gasteiger partial charge in [0.2, 0.25) is 0 Å². The Morgan fingerprint density at radius 3 is 2.57 bits per heavy atom. The fraction of sp³-hybridized carbons (Fsp3) is 0.438.